The summed E-state index contributed by atoms with van der Waals surface area (Å²) in [6.45, 7) is 3.10. The minimum Gasteiger partial charge on any atom is -0.373 e. The van der Waals surface area contributed by atoms with Gasteiger partial charge in [0.1, 0.15) is 0 Å². The van der Waals surface area contributed by atoms with Crippen molar-refractivity contribution in [2.75, 3.05) is 36.1 Å². The largest absolute Gasteiger partial charge is 0.373 e. The second-order valence-electron chi connectivity index (χ2n) is 5.71. The zero-order chi connectivity index (χ0) is 14.3. The Morgan fingerprint density at radius 3 is 2.62 bits per heavy atom. The summed E-state index contributed by atoms with van der Waals surface area (Å²) in [4.78, 5) is 6.83. The smallest absolute Gasteiger partial charge is 0.0735 e. The summed E-state index contributed by atoms with van der Waals surface area (Å²) < 4.78 is 6.05. The van der Waals surface area contributed by atoms with Crippen molar-refractivity contribution >= 4 is 23.5 Å². The van der Waals surface area contributed by atoms with E-state index in [0.717, 1.165) is 6.04 Å². The average molecular weight is 325 g/mol. The Kier molecular flexibility index (Phi) is 6.27. The molecule has 0 atom stereocenters. The van der Waals surface area contributed by atoms with Gasteiger partial charge in [-0.3, -0.25) is 9.88 Å². The van der Waals surface area contributed by atoms with E-state index in [0.29, 0.717) is 12.7 Å². The van der Waals surface area contributed by atoms with Crippen molar-refractivity contribution < 1.29 is 4.74 Å². The highest BCUT2D eigenvalue weighted by Gasteiger charge is 2.26. The molecule has 0 N–H and O–H groups in total. The van der Waals surface area contributed by atoms with Gasteiger partial charge in [0.15, 0.2) is 0 Å². The van der Waals surface area contributed by atoms with E-state index in [2.05, 4.69) is 39.5 Å². The Morgan fingerprint density at radius 2 is 1.95 bits per heavy atom. The molecule has 21 heavy (non-hydrogen) atoms. The number of aromatic nitrogens is 1. The second kappa shape index (κ2) is 8.42. The molecule has 0 aliphatic carbocycles. The van der Waals surface area contributed by atoms with Crippen molar-refractivity contribution in [3.63, 3.8) is 0 Å². The van der Waals surface area contributed by atoms with Gasteiger partial charge in [0.2, 0.25) is 0 Å². The standard InChI is InChI=1S/C16H24N2OS2/c1-2-14(10-17-5-1)11-19-16-3-6-18(7-4-16)15-12-20-8-9-21-13-15/h1-2,5,10,15-16H,3-4,6-9,11-13H2. The lowest BCUT2D eigenvalue weighted by Gasteiger charge is -2.36. The molecule has 3 rings (SSSR count). The molecule has 0 bridgehead atoms. The molecule has 3 heterocycles. The van der Waals surface area contributed by atoms with Crippen LogP contribution >= 0.6 is 23.5 Å². The van der Waals surface area contributed by atoms with Crippen molar-refractivity contribution in [1.29, 1.82) is 0 Å². The lowest BCUT2D eigenvalue weighted by molar-refractivity contribution is -0.00740. The summed E-state index contributed by atoms with van der Waals surface area (Å²) in [6.07, 6.45) is 6.48. The van der Waals surface area contributed by atoms with Gasteiger partial charge in [-0.2, -0.15) is 23.5 Å². The van der Waals surface area contributed by atoms with Crippen LogP contribution in [0.15, 0.2) is 24.5 Å². The predicted octanol–water partition coefficient (Wildman–Crippen LogP) is 2.91. The monoisotopic (exact) mass is 324 g/mol. The molecule has 2 aliphatic heterocycles. The highest BCUT2D eigenvalue weighted by Crippen LogP contribution is 2.24. The van der Waals surface area contributed by atoms with Crippen LogP contribution in [0, 0.1) is 0 Å². The molecule has 0 aromatic carbocycles. The molecule has 1 aromatic rings. The first-order valence-corrected chi connectivity index (χ1v) is 10.1. The molecule has 0 amide bonds. The normalized spacial score (nSPS) is 23.0. The number of pyridine rings is 1. The molecular weight excluding hydrogens is 300 g/mol. The molecule has 0 unspecified atom stereocenters. The maximum absolute atomic E-state index is 6.05. The van der Waals surface area contributed by atoms with Crippen molar-refractivity contribution in [3.8, 4) is 0 Å². The van der Waals surface area contributed by atoms with Crippen LogP contribution < -0.4 is 0 Å². The van der Waals surface area contributed by atoms with Gasteiger partial charge in [-0.1, -0.05) is 6.07 Å². The van der Waals surface area contributed by atoms with Crippen LogP contribution in [-0.4, -0.2) is 58.1 Å². The molecule has 116 valence electrons. The summed E-state index contributed by atoms with van der Waals surface area (Å²) in [7, 11) is 0. The first-order chi connectivity index (χ1) is 10.4. The van der Waals surface area contributed by atoms with Crippen molar-refractivity contribution in [3.05, 3.63) is 30.1 Å². The number of hydrogen-bond acceptors (Lipinski definition) is 5. The first-order valence-electron chi connectivity index (χ1n) is 7.82. The van der Waals surface area contributed by atoms with Crippen molar-refractivity contribution in [2.24, 2.45) is 0 Å². The van der Waals surface area contributed by atoms with Crippen LogP contribution in [0.5, 0.6) is 0 Å². The number of nitrogens with zero attached hydrogens (tertiary/aromatic N) is 2. The maximum atomic E-state index is 6.05. The SMILES string of the molecule is c1cncc(COC2CCN(C3CSCCSC3)CC2)c1. The van der Waals surface area contributed by atoms with Crippen molar-refractivity contribution in [1.82, 2.24) is 9.88 Å². The van der Waals surface area contributed by atoms with Gasteiger partial charge in [0.25, 0.3) is 0 Å². The topological polar surface area (TPSA) is 25.4 Å². The lowest BCUT2D eigenvalue weighted by Crippen LogP contribution is -2.45. The third kappa shape index (κ3) is 4.88. The molecular formula is C16H24N2OS2. The molecule has 5 heteroatoms. The predicted molar refractivity (Wildman–Crippen MR) is 92.1 cm³/mol. The Morgan fingerprint density at radius 1 is 1.19 bits per heavy atom. The molecule has 3 nitrogen and oxygen atoms in total. The van der Waals surface area contributed by atoms with Crippen LogP contribution in [0.4, 0.5) is 0 Å². The fraction of sp³-hybridized carbons (Fsp3) is 0.688. The Balaban J connectivity index is 1.40. The van der Waals surface area contributed by atoms with Gasteiger partial charge < -0.3 is 4.74 Å². The number of piperidine rings is 1. The van der Waals surface area contributed by atoms with E-state index >= 15 is 0 Å². The Labute approximate surface area is 136 Å². The van der Waals surface area contributed by atoms with Crippen LogP contribution in [0.3, 0.4) is 0 Å². The van der Waals surface area contributed by atoms with E-state index < -0.39 is 0 Å². The first kappa shape index (κ1) is 15.7. The molecule has 2 saturated heterocycles. The zero-order valence-electron chi connectivity index (χ0n) is 12.4. The van der Waals surface area contributed by atoms with Crippen LogP contribution in [-0.2, 0) is 11.3 Å². The molecule has 0 saturated carbocycles. The minimum atomic E-state index is 0.424. The third-order valence-electron chi connectivity index (χ3n) is 4.19. The fourth-order valence-electron chi connectivity index (χ4n) is 2.92. The summed E-state index contributed by atoms with van der Waals surface area (Å²) in [5.41, 5.74) is 1.18. The number of likely N-dealkylation sites (tertiary alicyclic amines) is 1. The number of ether oxygens (including phenoxy) is 1. The molecule has 0 radical (unpaired) electrons. The van der Waals surface area contributed by atoms with E-state index in [1.54, 1.807) is 0 Å². The summed E-state index contributed by atoms with van der Waals surface area (Å²) in [6, 6.07) is 4.84. The Hall–Kier alpha value is -0.230. The van der Waals surface area contributed by atoms with E-state index in [1.807, 2.05) is 18.5 Å². The lowest BCUT2D eigenvalue weighted by atomic mass is 10.1. The third-order valence-corrected chi connectivity index (χ3v) is 6.68. The second-order valence-corrected chi connectivity index (χ2v) is 8.01. The van der Waals surface area contributed by atoms with E-state index in [4.69, 9.17) is 4.74 Å². The minimum absolute atomic E-state index is 0.424. The van der Waals surface area contributed by atoms with Gasteiger partial charge in [-0.15, -0.1) is 0 Å². The molecule has 2 aliphatic rings. The van der Waals surface area contributed by atoms with E-state index in [9.17, 15) is 0 Å². The van der Waals surface area contributed by atoms with E-state index in [1.165, 1.54) is 54.5 Å². The highest BCUT2D eigenvalue weighted by molar-refractivity contribution is 8.03. The fourth-order valence-corrected chi connectivity index (χ4v) is 5.55. The van der Waals surface area contributed by atoms with Gasteiger partial charge in [-0.25, -0.2) is 0 Å². The van der Waals surface area contributed by atoms with Gasteiger partial charge in [-0.05, 0) is 24.5 Å². The molecule has 2 fully saturated rings. The molecule has 1 aromatic heterocycles. The average Bonchev–Trinajstić information content (AvgIpc) is 2.84. The highest BCUT2D eigenvalue weighted by atomic mass is 32.2. The van der Waals surface area contributed by atoms with Gasteiger partial charge in [0.05, 0.1) is 12.7 Å². The maximum Gasteiger partial charge on any atom is 0.0735 e. The van der Waals surface area contributed by atoms with Gasteiger partial charge >= 0.3 is 0 Å². The van der Waals surface area contributed by atoms with Crippen LogP contribution in [0.25, 0.3) is 0 Å². The zero-order valence-corrected chi connectivity index (χ0v) is 14.1. The molecule has 0 spiro atoms. The summed E-state index contributed by atoms with van der Waals surface area (Å²) >= 11 is 4.25. The number of hydrogen-bond donors (Lipinski definition) is 0. The summed E-state index contributed by atoms with van der Waals surface area (Å²) in [5, 5.41) is 0. The van der Waals surface area contributed by atoms with Crippen LogP contribution in [0.1, 0.15) is 18.4 Å². The number of rotatable bonds is 4. The van der Waals surface area contributed by atoms with E-state index in [-0.39, 0.29) is 0 Å². The van der Waals surface area contributed by atoms with Crippen LogP contribution in [0.2, 0.25) is 0 Å². The number of thioether (sulfide) groups is 2. The summed E-state index contributed by atoms with van der Waals surface area (Å²) in [5.74, 6) is 5.28. The Bertz CT molecular complexity index is 402. The quantitative estimate of drug-likeness (QED) is 0.848. The van der Waals surface area contributed by atoms with Gasteiger partial charge in [0, 0.05) is 54.5 Å². The van der Waals surface area contributed by atoms with Crippen molar-refractivity contribution in [2.45, 2.75) is 31.6 Å².